The van der Waals surface area contributed by atoms with E-state index in [0.29, 0.717) is 29.4 Å². The van der Waals surface area contributed by atoms with E-state index >= 15 is 0 Å². The van der Waals surface area contributed by atoms with E-state index in [0.717, 1.165) is 31.9 Å². The topological polar surface area (TPSA) is 48.9 Å². The molecule has 1 saturated heterocycles. The molecule has 0 amide bonds. The number of benzene rings is 1. The zero-order valence-corrected chi connectivity index (χ0v) is 16.5. The predicted molar refractivity (Wildman–Crippen MR) is 106 cm³/mol. The van der Waals surface area contributed by atoms with Gasteiger partial charge in [-0.3, -0.25) is 4.99 Å². The van der Waals surface area contributed by atoms with Crippen LogP contribution in [0, 0.1) is 0 Å². The highest BCUT2D eigenvalue weighted by molar-refractivity contribution is 6.32. The van der Waals surface area contributed by atoms with Crippen molar-refractivity contribution in [1.29, 1.82) is 0 Å². The lowest BCUT2D eigenvalue weighted by Gasteiger charge is -2.35. The fourth-order valence-electron chi connectivity index (χ4n) is 2.99. The third-order valence-electron chi connectivity index (χ3n) is 4.55. The van der Waals surface area contributed by atoms with E-state index in [9.17, 15) is 0 Å². The van der Waals surface area contributed by atoms with Gasteiger partial charge in [0.25, 0.3) is 0 Å². The number of guanidine groups is 1. The lowest BCUT2D eigenvalue weighted by atomic mass is 10.0. The van der Waals surface area contributed by atoms with Crippen molar-refractivity contribution in [2.45, 2.75) is 51.8 Å². The van der Waals surface area contributed by atoms with Gasteiger partial charge >= 0.3 is 0 Å². The lowest BCUT2D eigenvalue weighted by Crippen LogP contribution is -2.50. The zero-order valence-electron chi connectivity index (χ0n) is 15.8. The van der Waals surface area contributed by atoms with E-state index in [-0.39, 0.29) is 6.10 Å². The van der Waals surface area contributed by atoms with Gasteiger partial charge in [0.05, 0.1) is 11.6 Å². The minimum absolute atomic E-state index is 0.0127. The van der Waals surface area contributed by atoms with Gasteiger partial charge in [0.1, 0.15) is 11.9 Å². The van der Waals surface area contributed by atoms with Crippen LogP contribution in [0.5, 0.6) is 5.75 Å². The first-order chi connectivity index (χ1) is 12.0. The number of piperidine rings is 1. The van der Waals surface area contributed by atoms with Crippen LogP contribution in [0.1, 0.15) is 33.6 Å². The number of rotatable bonds is 6. The summed E-state index contributed by atoms with van der Waals surface area (Å²) in [6.07, 6.45) is 2.27. The Labute approximate surface area is 156 Å². The molecule has 0 bridgehead atoms. The van der Waals surface area contributed by atoms with Crippen LogP contribution in [-0.2, 0) is 0 Å². The molecular weight excluding hydrogens is 336 g/mol. The van der Waals surface area contributed by atoms with Crippen molar-refractivity contribution >= 4 is 17.6 Å². The highest BCUT2D eigenvalue weighted by Gasteiger charge is 2.21. The van der Waals surface area contributed by atoms with Gasteiger partial charge in [0, 0.05) is 32.2 Å². The number of halogens is 1. The zero-order chi connectivity index (χ0) is 18.2. The molecule has 6 heteroatoms. The average molecular weight is 367 g/mol. The average Bonchev–Trinajstić information content (AvgIpc) is 2.61. The van der Waals surface area contributed by atoms with Crippen LogP contribution in [0.25, 0.3) is 0 Å². The third-order valence-corrected chi connectivity index (χ3v) is 4.86. The monoisotopic (exact) mass is 366 g/mol. The highest BCUT2D eigenvalue weighted by atomic mass is 35.5. The van der Waals surface area contributed by atoms with Gasteiger partial charge in [0.2, 0.25) is 0 Å². The van der Waals surface area contributed by atoms with Crippen molar-refractivity contribution in [1.82, 2.24) is 15.5 Å². The number of hydrogen-bond acceptors (Lipinski definition) is 3. The van der Waals surface area contributed by atoms with Crippen LogP contribution in [0.15, 0.2) is 29.3 Å². The fraction of sp³-hybridized carbons (Fsp3) is 0.632. The smallest absolute Gasteiger partial charge is 0.191 e. The molecule has 1 unspecified atom stereocenters. The number of para-hydroxylation sites is 1. The SMILES string of the molecule is CN=C(NCC(C)Oc1ccccc1Cl)NC1CCN(C(C)C)CC1. The lowest BCUT2D eigenvalue weighted by molar-refractivity contribution is 0.167. The first-order valence-corrected chi connectivity index (χ1v) is 9.49. The van der Waals surface area contributed by atoms with Gasteiger partial charge in [-0.25, -0.2) is 0 Å². The molecule has 2 rings (SSSR count). The first-order valence-electron chi connectivity index (χ1n) is 9.12. The van der Waals surface area contributed by atoms with Crippen molar-refractivity contribution in [3.63, 3.8) is 0 Å². The maximum atomic E-state index is 6.14. The second-order valence-corrected chi connectivity index (χ2v) is 7.27. The van der Waals surface area contributed by atoms with E-state index in [4.69, 9.17) is 16.3 Å². The third kappa shape index (κ3) is 6.40. The van der Waals surface area contributed by atoms with E-state index in [1.54, 1.807) is 7.05 Å². The number of nitrogens with one attached hydrogen (secondary N) is 2. The van der Waals surface area contributed by atoms with Gasteiger partial charge in [-0.15, -0.1) is 0 Å². The molecule has 0 spiro atoms. The standard InChI is InChI=1S/C19H31ClN4O/c1-14(2)24-11-9-16(10-12-24)23-19(21-4)22-13-15(3)25-18-8-6-5-7-17(18)20/h5-8,14-16H,9-13H2,1-4H3,(H2,21,22,23). The largest absolute Gasteiger partial charge is 0.487 e. The van der Waals surface area contributed by atoms with E-state index in [1.807, 2.05) is 31.2 Å². The number of aliphatic imine (C=N–C) groups is 1. The summed E-state index contributed by atoms with van der Waals surface area (Å²) < 4.78 is 5.89. The van der Waals surface area contributed by atoms with Crippen molar-refractivity contribution < 1.29 is 4.74 Å². The summed E-state index contributed by atoms with van der Waals surface area (Å²) in [4.78, 5) is 6.85. The molecular formula is C19H31ClN4O. The summed E-state index contributed by atoms with van der Waals surface area (Å²) in [6.45, 7) is 9.47. The van der Waals surface area contributed by atoms with E-state index in [2.05, 4.69) is 34.4 Å². The molecule has 5 nitrogen and oxygen atoms in total. The van der Waals surface area contributed by atoms with Gasteiger partial charge < -0.3 is 20.3 Å². The molecule has 1 aromatic rings. The summed E-state index contributed by atoms with van der Waals surface area (Å²) in [7, 11) is 1.80. The van der Waals surface area contributed by atoms with Gasteiger partial charge in [-0.1, -0.05) is 23.7 Å². The van der Waals surface area contributed by atoms with Crippen LogP contribution in [0.3, 0.4) is 0 Å². The molecule has 0 aliphatic carbocycles. The Bertz CT molecular complexity index is 556. The van der Waals surface area contributed by atoms with Crippen molar-refractivity contribution in [2.75, 3.05) is 26.7 Å². The minimum atomic E-state index is -0.0127. The Morgan fingerprint density at radius 3 is 2.56 bits per heavy atom. The molecule has 1 fully saturated rings. The van der Waals surface area contributed by atoms with E-state index < -0.39 is 0 Å². The first kappa shape index (κ1) is 19.9. The van der Waals surface area contributed by atoms with Crippen LogP contribution in [-0.4, -0.2) is 55.7 Å². The molecule has 1 atom stereocenters. The molecule has 1 aliphatic heterocycles. The summed E-state index contributed by atoms with van der Waals surface area (Å²) >= 11 is 6.14. The fourth-order valence-corrected chi connectivity index (χ4v) is 3.17. The molecule has 1 aromatic carbocycles. The Morgan fingerprint density at radius 1 is 1.28 bits per heavy atom. The number of hydrogen-bond donors (Lipinski definition) is 2. The molecule has 140 valence electrons. The van der Waals surface area contributed by atoms with Crippen LogP contribution in [0.2, 0.25) is 5.02 Å². The normalized spacial score (nSPS) is 18.2. The molecule has 1 aliphatic rings. The van der Waals surface area contributed by atoms with Crippen LogP contribution in [0.4, 0.5) is 0 Å². The van der Waals surface area contributed by atoms with E-state index in [1.165, 1.54) is 0 Å². The van der Waals surface area contributed by atoms with Gasteiger partial charge in [-0.05, 0) is 45.7 Å². The Kier molecular flexibility index (Phi) is 7.85. The molecule has 1 heterocycles. The summed E-state index contributed by atoms with van der Waals surface area (Å²) in [5.41, 5.74) is 0. The number of ether oxygens (including phenoxy) is 1. The molecule has 0 aromatic heterocycles. The second kappa shape index (κ2) is 9.88. The van der Waals surface area contributed by atoms with Crippen molar-refractivity contribution in [2.24, 2.45) is 4.99 Å². The molecule has 0 saturated carbocycles. The van der Waals surface area contributed by atoms with Crippen LogP contribution < -0.4 is 15.4 Å². The Balaban J connectivity index is 1.74. The Hall–Kier alpha value is -1.46. The second-order valence-electron chi connectivity index (χ2n) is 6.86. The van der Waals surface area contributed by atoms with Crippen molar-refractivity contribution in [3.8, 4) is 5.75 Å². The number of likely N-dealkylation sites (tertiary alicyclic amines) is 1. The van der Waals surface area contributed by atoms with Gasteiger partial charge in [0.15, 0.2) is 5.96 Å². The summed E-state index contributed by atoms with van der Waals surface area (Å²) in [5, 5.41) is 7.51. The molecule has 2 N–H and O–H groups in total. The molecule has 0 radical (unpaired) electrons. The molecule has 25 heavy (non-hydrogen) atoms. The maximum Gasteiger partial charge on any atom is 0.191 e. The predicted octanol–water partition coefficient (Wildman–Crippen LogP) is 3.15. The minimum Gasteiger partial charge on any atom is -0.487 e. The quantitative estimate of drug-likeness (QED) is 0.599. The van der Waals surface area contributed by atoms with Crippen LogP contribution >= 0.6 is 11.6 Å². The van der Waals surface area contributed by atoms with Gasteiger partial charge in [-0.2, -0.15) is 0 Å². The summed E-state index contributed by atoms with van der Waals surface area (Å²) in [6, 6.07) is 8.64. The maximum absolute atomic E-state index is 6.14. The highest BCUT2D eigenvalue weighted by Crippen LogP contribution is 2.24. The van der Waals surface area contributed by atoms with Crippen molar-refractivity contribution in [3.05, 3.63) is 29.3 Å². The Morgan fingerprint density at radius 2 is 1.96 bits per heavy atom. The number of nitrogens with zero attached hydrogens (tertiary/aromatic N) is 2. The summed E-state index contributed by atoms with van der Waals surface area (Å²) in [5.74, 6) is 1.54.